The molecule has 33 heavy (non-hydrogen) atoms. The summed E-state index contributed by atoms with van der Waals surface area (Å²) in [6, 6.07) is 10.2. The molecule has 0 aliphatic heterocycles. The van der Waals surface area contributed by atoms with Gasteiger partial charge >= 0.3 is 5.97 Å². The Hall–Kier alpha value is -3.45. The number of nitrogens with zero attached hydrogens (tertiary/aromatic N) is 2. The molecule has 0 radical (unpaired) electrons. The number of aryl methyl sites for hydroxylation is 2. The molecule has 1 aromatic heterocycles. The highest BCUT2D eigenvalue weighted by molar-refractivity contribution is 6.08. The summed E-state index contributed by atoms with van der Waals surface area (Å²) in [4.78, 5) is 29.8. The van der Waals surface area contributed by atoms with Gasteiger partial charge in [0.2, 0.25) is 5.91 Å². The molecule has 0 fully saturated rings. The molecule has 0 unspecified atom stereocenters. The van der Waals surface area contributed by atoms with Crippen molar-refractivity contribution >= 4 is 28.5 Å². The van der Waals surface area contributed by atoms with Crippen LogP contribution in [0.1, 0.15) is 49.2 Å². The number of carboxylic acid groups (broad SMARTS) is 1. The second-order valence-corrected chi connectivity index (χ2v) is 7.77. The van der Waals surface area contributed by atoms with Crippen molar-refractivity contribution in [1.29, 1.82) is 0 Å². The lowest BCUT2D eigenvalue weighted by Gasteiger charge is -2.13. The maximum Gasteiger partial charge on any atom is 0.340 e. The molecule has 3 rings (SSSR count). The molecule has 2 aromatic carbocycles. The molecule has 0 saturated carbocycles. The van der Waals surface area contributed by atoms with Gasteiger partial charge in [0.25, 0.3) is 0 Å². The van der Waals surface area contributed by atoms with Crippen molar-refractivity contribution in [3.8, 4) is 17.0 Å². The van der Waals surface area contributed by atoms with Gasteiger partial charge in [0.05, 0.1) is 5.52 Å². The summed E-state index contributed by atoms with van der Waals surface area (Å²) >= 11 is 0. The SMILES string of the molecule is CC(=O)Nc1ccc(-c2nc3c(C)c(C)ccc3c(C(=O)O)c2O)cc1.CCN(CC)CC. The molecule has 176 valence electrons. The van der Waals surface area contributed by atoms with Crippen LogP contribution in [0.2, 0.25) is 0 Å². The van der Waals surface area contributed by atoms with Crippen LogP contribution >= 0.6 is 0 Å². The van der Waals surface area contributed by atoms with Crippen LogP contribution < -0.4 is 5.32 Å². The number of rotatable bonds is 6. The van der Waals surface area contributed by atoms with Gasteiger partial charge in [-0.25, -0.2) is 9.78 Å². The highest BCUT2D eigenvalue weighted by atomic mass is 16.4. The Morgan fingerprint density at radius 2 is 1.55 bits per heavy atom. The summed E-state index contributed by atoms with van der Waals surface area (Å²) < 4.78 is 0. The molecule has 1 heterocycles. The number of anilines is 1. The highest BCUT2D eigenvalue weighted by Gasteiger charge is 2.22. The van der Waals surface area contributed by atoms with Crippen LogP contribution in [0.4, 0.5) is 5.69 Å². The zero-order chi connectivity index (χ0) is 24.7. The Morgan fingerprint density at radius 1 is 0.970 bits per heavy atom. The van der Waals surface area contributed by atoms with Crippen LogP contribution in [0.5, 0.6) is 5.75 Å². The summed E-state index contributed by atoms with van der Waals surface area (Å²) in [6.07, 6.45) is 0. The molecule has 1 amide bonds. The summed E-state index contributed by atoms with van der Waals surface area (Å²) in [5.41, 5.74) is 3.58. The molecule has 0 saturated heterocycles. The van der Waals surface area contributed by atoms with Crippen LogP contribution in [-0.2, 0) is 4.79 Å². The van der Waals surface area contributed by atoms with Crippen molar-refractivity contribution < 1.29 is 19.8 Å². The van der Waals surface area contributed by atoms with Gasteiger partial charge in [0.1, 0.15) is 11.3 Å². The lowest BCUT2D eigenvalue weighted by atomic mass is 9.98. The molecule has 0 bridgehead atoms. The van der Waals surface area contributed by atoms with Crippen molar-refractivity contribution in [2.75, 3.05) is 25.0 Å². The second kappa shape index (κ2) is 11.4. The van der Waals surface area contributed by atoms with Crippen LogP contribution in [0, 0.1) is 13.8 Å². The summed E-state index contributed by atoms with van der Waals surface area (Å²) in [7, 11) is 0. The number of aromatic nitrogens is 1. The number of hydrogen-bond acceptors (Lipinski definition) is 5. The maximum absolute atomic E-state index is 11.8. The Labute approximate surface area is 195 Å². The topological polar surface area (TPSA) is 103 Å². The summed E-state index contributed by atoms with van der Waals surface area (Å²) in [6.45, 7) is 15.3. The van der Waals surface area contributed by atoms with E-state index in [-0.39, 0.29) is 22.9 Å². The van der Waals surface area contributed by atoms with E-state index in [9.17, 15) is 19.8 Å². The van der Waals surface area contributed by atoms with E-state index >= 15 is 0 Å². The fraction of sp³-hybridized carbons (Fsp3) is 0.346. The van der Waals surface area contributed by atoms with Gasteiger partial charge in [-0.15, -0.1) is 0 Å². The first-order valence-corrected chi connectivity index (χ1v) is 11.1. The van der Waals surface area contributed by atoms with E-state index < -0.39 is 5.97 Å². The van der Waals surface area contributed by atoms with Crippen LogP contribution in [-0.4, -0.2) is 51.6 Å². The second-order valence-electron chi connectivity index (χ2n) is 7.77. The zero-order valence-corrected chi connectivity index (χ0v) is 20.2. The van der Waals surface area contributed by atoms with Crippen molar-refractivity contribution in [3.05, 3.63) is 53.1 Å². The highest BCUT2D eigenvalue weighted by Crippen LogP contribution is 2.37. The molecule has 3 N–H and O–H groups in total. The minimum atomic E-state index is -1.21. The van der Waals surface area contributed by atoms with Gasteiger partial charge < -0.3 is 20.4 Å². The van der Waals surface area contributed by atoms with Crippen LogP contribution in [0.25, 0.3) is 22.2 Å². The molecule has 0 spiro atoms. The van der Waals surface area contributed by atoms with E-state index in [1.807, 2.05) is 19.9 Å². The fourth-order valence-electron chi connectivity index (χ4n) is 3.56. The molecule has 3 aromatic rings. The van der Waals surface area contributed by atoms with E-state index in [1.165, 1.54) is 26.6 Å². The fourth-order valence-corrected chi connectivity index (χ4v) is 3.56. The predicted molar refractivity (Wildman–Crippen MR) is 133 cm³/mol. The first-order valence-electron chi connectivity index (χ1n) is 11.1. The smallest absolute Gasteiger partial charge is 0.340 e. The number of carbonyl (C=O) groups is 2. The Kier molecular flexibility index (Phi) is 8.94. The Morgan fingerprint density at radius 3 is 2.00 bits per heavy atom. The number of pyridine rings is 1. The van der Waals surface area contributed by atoms with Gasteiger partial charge in [0, 0.05) is 23.6 Å². The van der Waals surface area contributed by atoms with Gasteiger partial charge in [-0.05, 0) is 56.7 Å². The van der Waals surface area contributed by atoms with E-state index in [0.29, 0.717) is 22.2 Å². The van der Waals surface area contributed by atoms with Crippen molar-refractivity contribution in [1.82, 2.24) is 9.88 Å². The van der Waals surface area contributed by atoms with Crippen molar-refractivity contribution in [2.45, 2.75) is 41.5 Å². The third-order valence-corrected chi connectivity index (χ3v) is 5.69. The lowest BCUT2D eigenvalue weighted by Crippen LogP contribution is -2.21. The minimum Gasteiger partial charge on any atom is -0.505 e. The first kappa shape index (κ1) is 25.8. The van der Waals surface area contributed by atoms with E-state index in [4.69, 9.17) is 0 Å². The van der Waals surface area contributed by atoms with Gasteiger partial charge in [-0.1, -0.05) is 45.0 Å². The number of fused-ring (bicyclic) bond motifs is 1. The van der Waals surface area contributed by atoms with Gasteiger partial charge in [-0.2, -0.15) is 0 Å². The molecule has 7 nitrogen and oxygen atoms in total. The normalized spacial score (nSPS) is 10.6. The van der Waals surface area contributed by atoms with E-state index in [0.717, 1.165) is 11.1 Å². The number of aromatic hydroxyl groups is 1. The third-order valence-electron chi connectivity index (χ3n) is 5.69. The third kappa shape index (κ3) is 6.08. The minimum absolute atomic E-state index is 0.168. The number of carboxylic acids is 1. The summed E-state index contributed by atoms with van der Waals surface area (Å²) in [5, 5.41) is 23.2. The average Bonchev–Trinajstić information content (AvgIpc) is 2.78. The molecule has 7 heteroatoms. The molecule has 0 aliphatic rings. The average molecular weight is 452 g/mol. The van der Waals surface area contributed by atoms with E-state index in [1.54, 1.807) is 30.3 Å². The molecular weight excluding hydrogens is 418 g/mol. The zero-order valence-electron chi connectivity index (χ0n) is 20.2. The number of benzene rings is 2. The van der Waals surface area contributed by atoms with Crippen molar-refractivity contribution in [2.24, 2.45) is 0 Å². The van der Waals surface area contributed by atoms with Gasteiger partial charge in [-0.3, -0.25) is 4.79 Å². The van der Waals surface area contributed by atoms with E-state index in [2.05, 4.69) is 36.0 Å². The largest absolute Gasteiger partial charge is 0.505 e. The molecular formula is C26H33N3O4. The summed E-state index contributed by atoms with van der Waals surface area (Å²) in [5.74, 6) is -1.78. The first-order chi connectivity index (χ1) is 15.6. The molecule has 0 aliphatic carbocycles. The number of carbonyl (C=O) groups excluding carboxylic acids is 1. The predicted octanol–water partition coefficient (Wildman–Crippen LogP) is 5.23. The number of amides is 1. The molecule has 0 atom stereocenters. The maximum atomic E-state index is 11.8. The number of nitrogens with one attached hydrogen (secondary N) is 1. The Bertz CT molecular complexity index is 1130. The number of hydrogen-bond donors (Lipinski definition) is 3. The lowest BCUT2D eigenvalue weighted by molar-refractivity contribution is -0.114. The quantitative estimate of drug-likeness (QED) is 0.474. The van der Waals surface area contributed by atoms with Crippen LogP contribution in [0.15, 0.2) is 36.4 Å². The standard InChI is InChI=1S/C20H18N2O4.C6H15N/c1-10-4-9-15-16(20(25)26)19(24)18(22-17(15)11(10)2)13-5-7-14(8-6-13)21-12(3)23;1-4-7(5-2)6-3/h4-9,24H,1-3H3,(H,21,23)(H,25,26);4-6H2,1-3H3. The van der Waals surface area contributed by atoms with Crippen molar-refractivity contribution in [3.63, 3.8) is 0 Å². The van der Waals surface area contributed by atoms with Crippen LogP contribution in [0.3, 0.4) is 0 Å². The Balaban J connectivity index is 0.000000479. The van der Waals surface area contributed by atoms with Gasteiger partial charge in [0.15, 0.2) is 5.75 Å². The number of aromatic carboxylic acids is 1. The monoisotopic (exact) mass is 451 g/mol.